The Hall–Kier alpha value is -7.30. The van der Waals surface area contributed by atoms with E-state index in [1.165, 1.54) is 27.8 Å². The SMILES string of the molecule is c1ccc(C2=NC(c3cccc4oc5c(-c6ccc(-c7ccccc7)cc6)cccc5c34)N=C(c3ccc(-c4ccc(-c5ccccc5)cc4)cc3)N2)cc1. The molecular weight excluding hydrogens is 671 g/mol. The number of nitrogens with zero attached hydrogens (tertiary/aromatic N) is 2. The highest BCUT2D eigenvalue weighted by Gasteiger charge is 2.25. The Balaban J connectivity index is 1.02. The summed E-state index contributed by atoms with van der Waals surface area (Å²) >= 11 is 0. The fraction of sp³-hybridized carbons (Fsp3) is 0.0196. The molecule has 4 nitrogen and oxygen atoms in total. The van der Waals surface area contributed by atoms with Crippen molar-refractivity contribution in [2.24, 2.45) is 9.98 Å². The second kappa shape index (κ2) is 13.9. The Labute approximate surface area is 319 Å². The van der Waals surface area contributed by atoms with Crippen molar-refractivity contribution >= 4 is 33.6 Å². The van der Waals surface area contributed by atoms with Gasteiger partial charge >= 0.3 is 0 Å². The molecule has 4 heteroatoms. The first kappa shape index (κ1) is 32.4. The molecule has 9 aromatic rings. The van der Waals surface area contributed by atoms with E-state index in [0.717, 1.165) is 67.0 Å². The molecule has 1 unspecified atom stereocenters. The fourth-order valence-electron chi connectivity index (χ4n) is 7.58. The predicted octanol–water partition coefficient (Wildman–Crippen LogP) is 12.7. The van der Waals surface area contributed by atoms with Gasteiger partial charge in [0.15, 0.2) is 6.17 Å². The van der Waals surface area contributed by atoms with Crippen LogP contribution in [-0.2, 0) is 0 Å². The van der Waals surface area contributed by atoms with E-state index >= 15 is 0 Å². The van der Waals surface area contributed by atoms with E-state index in [1.807, 2.05) is 42.5 Å². The molecule has 1 N–H and O–H groups in total. The Morgan fingerprint density at radius 2 is 0.782 bits per heavy atom. The van der Waals surface area contributed by atoms with Crippen molar-refractivity contribution in [1.82, 2.24) is 5.32 Å². The number of rotatable bonds is 7. The molecule has 0 bridgehead atoms. The lowest BCUT2D eigenvalue weighted by atomic mass is 9.97. The van der Waals surface area contributed by atoms with E-state index in [0.29, 0.717) is 0 Å². The molecule has 1 aromatic heterocycles. The van der Waals surface area contributed by atoms with Crippen molar-refractivity contribution in [3.05, 3.63) is 217 Å². The number of hydrogen-bond acceptors (Lipinski definition) is 4. The van der Waals surface area contributed by atoms with Crippen LogP contribution in [0.4, 0.5) is 0 Å². The van der Waals surface area contributed by atoms with Crippen molar-refractivity contribution < 1.29 is 4.42 Å². The van der Waals surface area contributed by atoms with Crippen molar-refractivity contribution in [2.75, 3.05) is 0 Å². The van der Waals surface area contributed by atoms with Crippen LogP contribution in [0.1, 0.15) is 22.9 Å². The lowest BCUT2D eigenvalue weighted by Gasteiger charge is -2.23. The molecule has 10 rings (SSSR count). The number of furan rings is 1. The number of aliphatic imine (C=N–C) groups is 2. The summed E-state index contributed by atoms with van der Waals surface area (Å²) in [6.45, 7) is 0. The fourth-order valence-corrected chi connectivity index (χ4v) is 7.58. The Morgan fingerprint density at radius 1 is 0.364 bits per heavy atom. The summed E-state index contributed by atoms with van der Waals surface area (Å²) in [5.74, 6) is 1.55. The first-order chi connectivity index (χ1) is 27.2. The monoisotopic (exact) mass is 705 g/mol. The van der Waals surface area contributed by atoms with Gasteiger partial charge in [-0.2, -0.15) is 0 Å². The molecule has 0 fully saturated rings. The summed E-state index contributed by atoms with van der Waals surface area (Å²) in [4.78, 5) is 10.5. The largest absolute Gasteiger partial charge is 0.455 e. The molecule has 0 saturated carbocycles. The van der Waals surface area contributed by atoms with Gasteiger partial charge in [0, 0.05) is 33.0 Å². The van der Waals surface area contributed by atoms with Crippen molar-refractivity contribution in [2.45, 2.75) is 6.17 Å². The standard InChI is InChI=1S/C51H35N3O/c1-4-12-34(13-5-1)36-22-24-38(25-23-36)39-28-32-42(33-29-39)50-52-49(41-16-8-3-9-17-41)53-51(54-50)45-20-11-21-46-47(45)44-19-10-18-43(48(44)55-46)40-30-26-37(27-31-40)35-14-6-2-7-15-35/h1-33,51H,(H,52,53,54). The van der Waals surface area contributed by atoms with Crippen LogP contribution in [0.2, 0.25) is 0 Å². The number of benzene rings is 8. The molecule has 2 heterocycles. The van der Waals surface area contributed by atoms with Gasteiger partial charge in [-0.05, 0) is 45.0 Å². The molecule has 1 atom stereocenters. The highest BCUT2D eigenvalue weighted by molar-refractivity contribution is 6.17. The minimum Gasteiger partial charge on any atom is -0.455 e. The third-order valence-corrected chi connectivity index (χ3v) is 10.4. The van der Waals surface area contributed by atoms with Crippen molar-refractivity contribution in [3.8, 4) is 44.5 Å². The van der Waals surface area contributed by atoms with Crippen LogP contribution in [0.3, 0.4) is 0 Å². The molecule has 0 saturated heterocycles. The minimum absolute atomic E-state index is 0.491. The van der Waals surface area contributed by atoms with Crippen LogP contribution in [-0.4, -0.2) is 11.7 Å². The summed E-state index contributed by atoms with van der Waals surface area (Å²) < 4.78 is 6.68. The zero-order chi connectivity index (χ0) is 36.6. The molecular formula is C51H35N3O. The first-order valence-electron chi connectivity index (χ1n) is 18.6. The topological polar surface area (TPSA) is 49.9 Å². The van der Waals surface area contributed by atoms with E-state index in [2.05, 4.69) is 163 Å². The number of nitrogens with one attached hydrogen (secondary N) is 1. The van der Waals surface area contributed by atoms with E-state index in [4.69, 9.17) is 14.4 Å². The number of para-hydroxylation sites is 1. The Morgan fingerprint density at radius 3 is 1.31 bits per heavy atom. The summed E-state index contributed by atoms with van der Waals surface area (Å²) in [6, 6.07) is 69.8. The van der Waals surface area contributed by atoms with Crippen LogP contribution in [0.25, 0.3) is 66.4 Å². The summed E-state index contributed by atoms with van der Waals surface area (Å²) in [5.41, 5.74) is 13.9. The van der Waals surface area contributed by atoms with E-state index in [1.54, 1.807) is 0 Å². The Kier molecular flexibility index (Phi) is 8.19. The molecule has 1 aliphatic rings. The van der Waals surface area contributed by atoms with Gasteiger partial charge < -0.3 is 9.73 Å². The van der Waals surface area contributed by atoms with Crippen LogP contribution in [0.15, 0.2) is 215 Å². The average molecular weight is 706 g/mol. The molecule has 0 spiro atoms. The number of amidine groups is 2. The second-order valence-electron chi connectivity index (χ2n) is 13.8. The highest BCUT2D eigenvalue weighted by atomic mass is 16.3. The normalized spacial score (nSPS) is 14.0. The zero-order valence-corrected chi connectivity index (χ0v) is 29.9. The summed E-state index contributed by atoms with van der Waals surface area (Å²) in [5, 5.41) is 5.65. The van der Waals surface area contributed by atoms with Crippen LogP contribution < -0.4 is 5.32 Å². The molecule has 8 aromatic carbocycles. The molecule has 260 valence electrons. The van der Waals surface area contributed by atoms with E-state index in [-0.39, 0.29) is 0 Å². The lowest BCUT2D eigenvalue weighted by Crippen LogP contribution is -2.36. The van der Waals surface area contributed by atoms with Crippen LogP contribution in [0, 0.1) is 0 Å². The van der Waals surface area contributed by atoms with E-state index in [9.17, 15) is 0 Å². The smallest absolute Gasteiger partial charge is 0.170 e. The number of hydrogen-bond donors (Lipinski definition) is 1. The third-order valence-electron chi connectivity index (χ3n) is 10.4. The van der Waals surface area contributed by atoms with Gasteiger partial charge in [0.1, 0.15) is 22.8 Å². The maximum atomic E-state index is 6.68. The van der Waals surface area contributed by atoms with Gasteiger partial charge in [-0.25, -0.2) is 9.98 Å². The van der Waals surface area contributed by atoms with Gasteiger partial charge in [-0.1, -0.05) is 194 Å². The van der Waals surface area contributed by atoms with E-state index < -0.39 is 6.17 Å². The van der Waals surface area contributed by atoms with Gasteiger partial charge in [-0.15, -0.1) is 0 Å². The molecule has 0 aliphatic carbocycles. The maximum absolute atomic E-state index is 6.68. The number of fused-ring (bicyclic) bond motifs is 3. The zero-order valence-electron chi connectivity index (χ0n) is 29.9. The van der Waals surface area contributed by atoms with Crippen LogP contribution in [0.5, 0.6) is 0 Å². The third kappa shape index (κ3) is 6.20. The summed E-state index contributed by atoms with van der Waals surface area (Å²) in [6.07, 6.45) is -0.491. The maximum Gasteiger partial charge on any atom is 0.170 e. The predicted molar refractivity (Wildman–Crippen MR) is 227 cm³/mol. The molecule has 0 radical (unpaired) electrons. The van der Waals surface area contributed by atoms with Crippen molar-refractivity contribution in [1.29, 1.82) is 0 Å². The molecule has 0 amide bonds. The lowest BCUT2D eigenvalue weighted by molar-refractivity contribution is 0.668. The minimum atomic E-state index is -0.491. The van der Waals surface area contributed by atoms with Crippen LogP contribution >= 0.6 is 0 Å². The van der Waals surface area contributed by atoms with Gasteiger partial charge in [-0.3, -0.25) is 0 Å². The van der Waals surface area contributed by atoms with Gasteiger partial charge in [0.2, 0.25) is 0 Å². The van der Waals surface area contributed by atoms with Gasteiger partial charge in [0.25, 0.3) is 0 Å². The Bertz CT molecular complexity index is 2840. The first-order valence-corrected chi connectivity index (χ1v) is 18.6. The molecule has 55 heavy (non-hydrogen) atoms. The highest BCUT2D eigenvalue weighted by Crippen LogP contribution is 2.41. The van der Waals surface area contributed by atoms with Gasteiger partial charge in [0.05, 0.1) is 0 Å². The second-order valence-corrected chi connectivity index (χ2v) is 13.8. The summed E-state index contributed by atoms with van der Waals surface area (Å²) in [7, 11) is 0. The molecule has 1 aliphatic heterocycles. The van der Waals surface area contributed by atoms with Crippen molar-refractivity contribution in [3.63, 3.8) is 0 Å². The average Bonchev–Trinajstić information content (AvgIpc) is 3.67. The quantitative estimate of drug-likeness (QED) is 0.179.